The van der Waals surface area contributed by atoms with Crippen LogP contribution in [0.2, 0.25) is 0 Å². The van der Waals surface area contributed by atoms with Crippen LogP contribution in [0.1, 0.15) is 37.9 Å². The normalized spacial score (nSPS) is 13.2. The molecule has 17 heavy (non-hydrogen) atoms. The SMILES string of the molecule is CC(C)(C)C(NC(=O)O)c1ccc(CN)cc1. The van der Waals surface area contributed by atoms with Crippen LogP contribution in [0.15, 0.2) is 24.3 Å². The van der Waals surface area contributed by atoms with E-state index in [4.69, 9.17) is 10.8 Å². The Morgan fingerprint density at radius 3 is 2.24 bits per heavy atom. The van der Waals surface area contributed by atoms with Crippen molar-refractivity contribution in [2.24, 2.45) is 11.1 Å². The highest BCUT2D eigenvalue weighted by Crippen LogP contribution is 2.32. The zero-order valence-corrected chi connectivity index (χ0v) is 10.5. The van der Waals surface area contributed by atoms with E-state index in [-0.39, 0.29) is 11.5 Å². The van der Waals surface area contributed by atoms with Crippen LogP contribution in [0.4, 0.5) is 4.79 Å². The molecule has 1 rings (SSSR count). The fraction of sp³-hybridized carbons (Fsp3) is 0.462. The maximum Gasteiger partial charge on any atom is 0.405 e. The summed E-state index contributed by atoms with van der Waals surface area (Å²) in [5.74, 6) is 0. The van der Waals surface area contributed by atoms with Gasteiger partial charge in [-0.25, -0.2) is 4.79 Å². The van der Waals surface area contributed by atoms with Crippen LogP contribution in [0.5, 0.6) is 0 Å². The second-order valence-electron chi connectivity index (χ2n) is 5.19. The molecule has 0 radical (unpaired) electrons. The minimum atomic E-state index is -1.01. The van der Waals surface area contributed by atoms with Gasteiger partial charge in [0.2, 0.25) is 0 Å². The lowest BCUT2D eigenvalue weighted by atomic mass is 9.82. The molecule has 1 unspecified atom stereocenters. The van der Waals surface area contributed by atoms with E-state index in [1.807, 2.05) is 45.0 Å². The average molecular weight is 236 g/mol. The van der Waals surface area contributed by atoms with Gasteiger partial charge in [-0.2, -0.15) is 0 Å². The Morgan fingerprint density at radius 1 is 1.35 bits per heavy atom. The fourth-order valence-electron chi connectivity index (χ4n) is 1.77. The van der Waals surface area contributed by atoms with Gasteiger partial charge < -0.3 is 16.2 Å². The third-order valence-electron chi connectivity index (χ3n) is 2.68. The van der Waals surface area contributed by atoms with Gasteiger partial charge in [-0.05, 0) is 16.5 Å². The van der Waals surface area contributed by atoms with Gasteiger partial charge in [0.25, 0.3) is 0 Å². The van der Waals surface area contributed by atoms with Gasteiger partial charge in [-0.15, -0.1) is 0 Å². The van der Waals surface area contributed by atoms with E-state index >= 15 is 0 Å². The third kappa shape index (κ3) is 3.75. The molecule has 4 heteroatoms. The van der Waals surface area contributed by atoms with Crippen molar-refractivity contribution in [3.05, 3.63) is 35.4 Å². The summed E-state index contributed by atoms with van der Waals surface area (Å²) in [6, 6.07) is 7.48. The minimum Gasteiger partial charge on any atom is -0.465 e. The molecule has 94 valence electrons. The lowest BCUT2D eigenvalue weighted by Crippen LogP contribution is -2.35. The summed E-state index contributed by atoms with van der Waals surface area (Å²) in [7, 11) is 0. The van der Waals surface area contributed by atoms with Crippen molar-refractivity contribution in [3.63, 3.8) is 0 Å². The summed E-state index contributed by atoms with van der Waals surface area (Å²) in [4.78, 5) is 10.8. The van der Waals surface area contributed by atoms with Gasteiger partial charge >= 0.3 is 6.09 Å². The highest BCUT2D eigenvalue weighted by molar-refractivity contribution is 5.65. The molecule has 0 aliphatic heterocycles. The van der Waals surface area contributed by atoms with Gasteiger partial charge in [0.15, 0.2) is 0 Å². The number of hydrogen-bond donors (Lipinski definition) is 3. The van der Waals surface area contributed by atoms with Crippen LogP contribution in [-0.4, -0.2) is 11.2 Å². The van der Waals surface area contributed by atoms with Gasteiger partial charge in [0.1, 0.15) is 0 Å². The molecule has 0 fully saturated rings. The van der Waals surface area contributed by atoms with Crippen molar-refractivity contribution in [2.45, 2.75) is 33.4 Å². The summed E-state index contributed by atoms with van der Waals surface area (Å²) in [5, 5.41) is 11.4. The second-order valence-corrected chi connectivity index (χ2v) is 5.19. The van der Waals surface area contributed by atoms with Crippen molar-refractivity contribution >= 4 is 6.09 Å². The van der Waals surface area contributed by atoms with E-state index in [1.54, 1.807) is 0 Å². The van der Waals surface area contributed by atoms with E-state index in [0.717, 1.165) is 11.1 Å². The molecule has 0 saturated heterocycles. The van der Waals surface area contributed by atoms with E-state index in [2.05, 4.69) is 5.32 Å². The molecule has 1 aromatic rings. The highest BCUT2D eigenvalue weighted by Gasteiger charge is 2.27. The molecular formula is C13H20N2O2. The Labute approximate surface area is 102 Å². The average Bonchev–Trinajstić information content (AvgIpc) is 2.24. The van der Waals surface area contributed by atoms with Gasteiger partial charge in [-0.3, -0.25) is 0 Å². The zero-order chi connectivity index (χ0) is 13.1. The summed E-state index contributed by atoms with van der Waals surface area (Å²) in [5.41, 5.74) is 7.35. The highest BCUT2D eigenvalue weighted by atomic mass is 16.4. The first-order chi connectivity index (χ1) is 7.84. The Balaban J connectivity index is 3.00. The number of carbonyl (C=O) groups is 1. The maximum atomic E-state index is 10.8. The summed E-state index contributed by atoms with van der Waals surface area (Å²) in [6.45, 7) is 6.51. The molecule has 0 aromatic heterocycles. The van der Waals surface area contributed by atoms with E-state index in [0.29, 0.717) is 6.54 Å². The van der Waals surface area contributed by atoms with Gasteiger partial charge in [0.05, 0.1) is 6.04 Å². The topological polar surface area (TPSA) is 75.3 Å². The van der Waals surface area contributed by atoms with Crippen molar-refractivity contribution < 1.29 is 9.90 Å². The Bertz CT molecular complexity index is 379. The second kappa shape index (κ2) is 5.19. The Hall–Kier alpha value is -1.55. The molecule has 0 bridgehead atoms. The number of nitrogens with one attached hydrogen (secondary N) is 1. The lowest BCUT2D eigenvalue weighted by molar-refractivity contribution is 0.175. The summed E-state index contributed by atoms with van der Waals surface area (Å²) in [6.07, 6.45) is -1.01. The Morgan fingerprint density at radius 2 is 1.88 bits per heavy atom. The van der Waals surface area contributed by atoms with E-state index in [1.165, 1.54) is 0 Å². The van der Waals surface area contributed by atoms with Crippen LogP contribution in [-0.2, 0) is 6.54 Å². The molecule has 0 spiro atoms. The first-order valence-electron chi connectivity index (χ1n) is 5.63. The molecule has 0 heterocycles. The number of amides is 1. The molecule has 4 N–H and O–H groups in total. The standard InChI is InChI=1S/C13H20N2O2/c1-13(2,3)11(15-12(16)17)10-6-4-9(8-14)5-7-10/h4-7,11,15H,8,14H2,1-3H3,(H,16,17). The molecule has 1 atom stereocenters. The number of hydrogen-bond acceptors (Lipinski definition) is 2. The molecular weight excluding hydrogens is 216 g/mol. The number of nitrogens with two attached hydrogens (primary N) is 1. The monoisotopic (exact) mass is 236 g/mol. The largest absolute Gasteiger partial charge is 0.465 e. The minimum absolute atomic E-state index is 0.178. The first kappa shape index (κ1) is 13.5. The predicted octanol–water partition coefficient (Wildman–Crippen LogP) is 2.50. The third-order valence-corrected chi connectivity index (χ3v) is 2.68. The van der Waals surface area contributed by atoms with Crippen LogP contribution >= 0.6 is 0 Å². The number of carboxylic acid groups (broad SMARTS) is 1. The molecule has 0 aliphatic carbocycles. The van der Waals surface area contributed by atoms with E-state index < -0.39 is 6.09 Å². The lowest BCUT2D eigenvalue weighted by Gasteiger charge is -2.31. The smallest absolute Gasteiger partial charge is 0.405 e. The molecule has 0 saturated carbocycles. The van der Waals surface area contributed by atoms with Crippen LogP contribution in [0.3, 0.4) is 0 Å². The van der Waals surface area contributed by atoms with Gasteiger partial charge in [0, 0.05) is 6.54 Å². The summed E-state index contributed by atoms with van der Waals surface area (Å²) >= 11 is 0. The predicted molar refractivity (Wildman–Crippen MR) is 67.7 cm³/mol. The van der Waals surface area contributed by atoms with Crippen molar-refractivity contribution in [3.8, 4) is 0 Å². The van der Waals surface area contributed by atoms with Gasteiger partial charge in [-0.1, -0.05) is 45.0 Å². The molecule has 4 nitrogen and oxygen atoms in total. The van der Waals surface area contributed by atoms with Crippen molar-refractivity contribution in [1.29, 1.82) is 0 Å². The molecule has 1 aromatic carbocycles. The van der Waals surface area contributed by atoms with Crippen LogP contribution in [0.25, 0.3) is 0 Å². The van der Waals surface area contributed by atoms with E-state index in [9.17, 15) is 4.79 Å². The molecule has 1 amide bonds. The fourth-order valence-corrected chi connectivity index (χ4v) is 1.77. The zero-order valence-electron chi connectivity index (χ0n) is 10.5. The van der Waals surface area contributed by atoms with Crippen LogP contribution < -0.4 is 11.1 Å². The number of rotatable bonds is 3. The van der Waals surface area contributed by atoms with Crippen LogP contribution in [0, 0.1) is 5.41 Å². The maximum absolute atomic E-state index is 10.8. The van der Waals surface area contributed by atoms with Crippen molar-refractivity contribution in [1.82, 2.24) is 5.32 Å². The summed E-state index contributed by atoms with van der Waals surface area (Å²) < 4.78 is 0. The Kier molecular flexibility index (Phi) is 4.12. The number of benzene rings is 1. The molecule has 0 aliphatic rings. The van der Waals surface area contributed by atoms with Crippen molar-refractivity contribution in [2.75, 3.05) is 0 Å². The quantitative estimate of drug-likeness (QED) is 0.754. The first-order valence-corrected chi connectivity index (χ1v) is 5.63.